The molecule has 0 aliphatic carbocycles. The summed E-state index contributed by atoms with van der Waals surface area (Å²) in [5.41, 5.74) is 1.25. The maximum atomic E-state index is 6.02. The maximum Gasteiger partial charge on any atom is 0.0426 e. The summed E-state index contributed by atoms with van der Waals surface area (Å²) >= 11 is 6.02. The Labute approximate surface area is 103 Å². The van der Waals surface area contributed by atoms with Crippen LogP contribution < -0.4 is 10.2 Å². The Hall–Kier alpha value is -0.730. The molecule has 1 N–H and O–H groups in total. The van der Waals surface area contributed by atoms with Crippen LogP contribution in [-0.4, -0.2) is 25.7 Å². The highest BCUT2D eigenvalue weighted by Gasteiger charge is 2.18. The van der Waals surface area contributed by atoms with Crippen LogP contribution in [0.2, 0.25) is 5.02 Å². The van der Waals surface area contributed by atoms with Crippen LogP contribution in [0, 0.1) is 0 Å². The third-order valence-corrected chi connectivity index (χ3v) is 3.30. The molecule has 1 heterocycles. The van der Waals surface area contributed by atoms with Gasteiger partial charge in [0, 0.05) is 36.4 Å². The lowest BCUT2D eigenvalue weighted by Crippen LogP contribution is -2.50. The predicted molar refractivity (Wildman–Crippen MR) is 70.4 cm³/mol. The zero-order valence-corrected chi connectivity index (χ0v) is 10.5. The van der Waals surface area contributed by atoms with Crippen LogP contribution in [0.4, 0.5) is 5.69 Å². The minimum absolute atomic E-state index is 0.623. The standard InChI is InChI=1S/C13H19ClN2/c1-2-4-12-10-16(8-7-15-12)13-6-3-5-11(14)9-13/h3,5-6,9,12,15H,2,4,7-8,10H2,1H3. The van der Waals surface area contributed by atoms with E-state index in [9.17, 15) is 0 Å². The average Bonchev–Trinajstić information content (AvgIpc) is 2.30. The molecule has 1 aliphatic heterocycles. The van der Waals surface area contributed by atoms with Crippen molar-refractivity contribution in [1.82, 2.24) is 5.32 Å². The molecule has 88 valence electrons. The quantitative estimate of drug-likeness (QED) is 0.871. The fraction of sp³-hybridized carbons (Fsp3) is 0.538. The lowest BCUT2D eigenvalue weighted by atomic mass is 10.1. The molecular weight excluding hydrogens is 220 g/mol. The van der Waals surface area contributed by atoms with Gasteiger partial charge in [0.2, 0.25) is 0 Å². The molecule has 3 heteroatoms. The zero-order chi connectivity index (χ0) is 11.4. The summed E-state index contributed by atoms with van der Waals surface area (Å²) in [5, 5.41) is 4.38. The molecular formula is C13H19ClN2. The summed E-state index contributed by atoms with van der Waals surface area (Å²) < 4.78 is 0. The fourth-order valence-corrected chi connectivity index (χ4v) is 2.46. The van der Waals surface area contributed by atoms with Gasteiger partial charge in [-0.3, -0.25) is 0 Å². The van der Waals surface area contributed by atoms with E-state index >= 15 is 0 Å². The maximum absolute atomic E-state index is 6.02. The number of benzene rings is 1. The highest BCUT2D eigenvalue weighted by atomic mass is 35.5. The average molecular weight is 239 g/mol. The molecule has 1 unspecified atom stereocenters. The van der Waals surface area contributed by atoms with Gasteiger partial charge >= 0.3 is 0 Å². The van der Waals surface area contributed by atoms with E-state index in [1.807, 2.05) is 12.1 Å². The normalized spacial score (nSPS) is 21.1. The second kappa shape index (κ2) is 5.55. The topological polar surface area (TPSA) is 15.3 Å². The van der Waals surface area contributed by atoms with Crippen LogP contribution in [0.3, 0.4) is 0 Å². The summed E-state index contributed by atoms with van der Waals surface area (Å²) in [4.78, 5) is 2.42. The highest BCUT2D eigenvalue weighted by molar-refractivity contribution is 6.30. The van der Waals surface area contributed by atoms with Crippen LogP contribution in [0.15, 0.2) is 24.3 Å². The Morgan fingerprint density at radius 1 is 1.50 bits per heavy atom. The minimum atomic E-state index is 0.623. The number of halogens is 1. The second-order valence-electron chi connectivity index (χ2n) is 4.37. The first-order valence-corrected chi connectivity index (χ1v) is 6.41. The molecule has 1 saturated heterocycles. The molecule has 0 amide bonds. The second-order valence-corrected chi connectivity index (χ2v) is 4.80. The third kappa shape index (κ3) is 2.89. The number of nitrogens with one attached hydrogen (secondary N) is 1. The Balaban J connectivity index is 2.03. The van der Waals surface area contributed by atoms with Crippen LogP contribution in [0.1, 0.15) is 19.8 Å². The first kappa shape index (κ1) is 11.7. The van der Waals surface area contributed by atoms with Crippen LogP contribution in [-0.2, 0) is 0 Å². The monoisotopic (exact) mass is 238 g/mol. The van der Waals surface area contributed by atoms with Gasteiger partial charge in [-0.25, -0.2) is 0 Å². The molecule has 0 spiro atoms. The molecule has 0 bridgehead atoms. The third-order valence-electron chi connectivity index (χ3n) is 3.07. The van der Waals surface area contributed by atoms with E-state index in [0.717, 1.165) is 24.7 Å². The molecule has 1 aliphatic rings. The van der Waals surface area contributed by atoms with Gasteiger partial charge in [-0.2, -0.15) is 0 Å². The van der Waals surface area contributed by atoms with Gasteiger partial charge in [-0.05, 0) is 24.6 Å². The van der Waals surface area contributed by atoms with Crippen molar-refractivity contribution in [3.8, 4) is 0 Å². The van der Waals surface area contributed by atoms with Gasteiger partial charge in [-0.1, -0.05) is 31.0 Å². The summed E-state index contributed by atoms with van der Waals surface area (Å²) in [7, 11) is 0. The highest BCUT2D eigenvalue weighted by Crippen LogP contribution is 2.21. The van der Waals surface area contributed by atoms with Crippen molar-refractivity contribution in [2.75, 3.05) is 24.5 Å². The zero-order valence-electron chi connectivity index (χ0n) is 9.75. The molecule has 1 aromatic carbocycles. The van der Waals surface area contributed by atoms with Crippen molar-refractivity contribution in [1.29, 1.82) is 0 Å². The van der Waals surface area contributed by atoms with Crippen molar-refractivity contribution < 1.29 is 0 Å². The molecule has 1 fully saturated rings. The van der Waals surface area contributed by atoms with Gasteiger partial charge < -0.3 is 10.2 Å². The van der Waals surface area contributed by atoms with E-state index in [2.05, 4.69) is 29.3 Å². The smallest absolute Gasteiger partial charge is 0.0426 e. The molecule has 1 atom stereocenters. The van der Waals surface area contributed by atoms with Gasteiger partial charge in [-0.15, -0.1) is 0 Å². The molecule has 1 aromatic rings. The van der Waals surface area contributed by atoms with Crippen LogP contribution in [0.25, 0.3) is 0 Å². The Morgan fingerprint density at radius 2 is 2.38 bits per heavy atom. The fourth-order valence-electron chi connectivity index (χ4n) is 2.27. The molecule has 16 heavy (non-hydrogen) atoms. The van der Waals surface area contributed by atoms with Crippen molar-refractivity contribution in [3.05, 3.63) is 29.3 Å². The van der Waals surface area contributed by atoms with Crippen molar-refractivity contribution in [3.63, 3.8) is 0 Å². The Morgan fingerprint density at radius 3 is 3.12 bits per heavy atom. The molecule has 2 rings (SSSR count). The number of anilines is 1. The summed E-state index contributed by atoms with van der Waals surface area (Å²) in [6, 6.07) is 8.76. The van der Waals surface area contributed by atoms with Gasteiger partial charge in [0.25, 0.3) is 0 Å². The van der Waals surface area contributed by atoms with E-state index in [1.165, 1.54) is 18.5 Å². The molecule has 0 saturated carbocycles. The minimum Gasteiger partial charge on any atom is -0.369 e. The SMILES string of the molecule is CCCC1CN(c2cccc(Cl)c2)CCN1. The molecule has 0 radical (unpaired) electrons. The van der Waals surface area contributed by atoms with Crippen molar-refractivity contribution in [2.24, 2.45) is 0 Å². The van der Waals surface area contributed by atoms with E-state index in [1.54, 1.807) is 0 Å². The molecule has 0 aromatic heterocycles. The Kier molecular flexibility index (Phi) is 4.08. The number of rotatable bonds is 3. The molecule has 2 nitrogen and oxygen atoms in total. The number of piperazine rings is 1. The summed E-state index contributed by atoms with van der Waals surface area (Å²) in [6.45, 7) is 5.46. The van der Waals surface area contributed by atoms with E-state index in [-0.39, 0.29) is 0 Å². The van der Waals surface area contributed by atoms with Gasteiger partial charge in [0.15, 0.2) is 0 Å². The lowest BCUT2D eigenvalue weighted by molar-refractivity contribution is 0.431. The largest absolute Gasteiger partial charge is 0.369 e. The summed E-state index contributed by atoms with van der Waals surface area (Å²) in [6.07, 6.45) is 2.48. The van der Waals surface area contributed by atoms with E-state index in [0.29, 0.717) is 6.04 Å². The predicted octanol–water partition coefficient (Wildman–Crippen LogP) is 2.92. The van der Waals surface area contributed by atoms with E-state index in [4.69, 9.17) is 11.6 Å². The van der Waals surface area contributed by atoms with Crippen LogP contribution >= 0.6 is 11.6 Å². The van der Waals surface area contributed by atoms with Crippen LogP contribution in [0.5, 0.6) is 0 Å². The number of nitrogens with zero attached hydrogens (tertiary/aromatic N) is 1. The van der Waals surface area contributed by atoms with Crippen molar-refractivity contribution in [2.45, 2.75) is 25.8 Å². The lowest BCUT2D eigenvalue weighted by Gasteiger charge is -2.35. The first-order chi connectivity index (χ1) is 7.79. The van der Waals surface area contributed by atoms with Gasteiger partial charge in [0.05, 0.1) is 0 Å². The number of hydrogen-bond donors (Lipinski definition) is 1. The summed E-state index contributed by atoms with van der Waals surface area (Å²) in [5.74, 6) is 0. The first-order valence-electron chi connectivity index (χ1n) is 6.03. The van der Waals surface area contributed by atoms with Gasteiger partial charge in [0.1, 0.15) is 0 Å². The Bertz CT molecular complexity index is 338. The van der Waals surface area contributed by atoms with Crippen molar-refractivity contribution >= 4 is 17.3 Å². The number of hydrogen-bond acceptors (Lipinski definition) is 2. The van der Waals surface area contributed by atoms with E-state index < -0.39 is 0 Å².